The van der Waals surface area contributed by atoms with Crippen LogP contribution in [-0.4, -0.2) is 38.2 Å². The van der Waals surface area contributed by atoms with Crippen molar-refractivity contribution in [2.24, 2.45) is 0 Å². The van der Waals surface area contributed by atoms with Gasteiger partial charge in [-0.3, -0.25) is 0 Å². The molecule has 0 aromatic heterocycles. The van der Waals surface area contributed by atoms with Gasteiger partial charge in [0.2, 0.25) is 0 Å². The average Bonchev–Trinajstić information content (AvgIpc) is 2.98. The Morgan fingerprint density at radius 3 is 1.26 bits per heavy atom. The molecule has 0 saturated carbocycles. The molecule has 4 aromatic rings. The molecular formula is C34H38O2S3. The molecule has 2 nitrogen and oxygen atoms in total. The van der Waals surface area contributed by atoms with E-state index < -0.39 is 0 Å². The lowest BCUT2D eigenvalue weighted by molar-refractivity contribution is 0.414. The van der Waals surface area contributed by atoms with Gasteiger partial charge in [-0.25, -0.2) is 0 Å². The van der Waals surface area contributed by atoms with E-state index in [1.807, 2.05) is 35.3 Å². The van der Waals surface area contributed by atoms with Crippen molar-refractivity contribution < 1.29 is 9.47 Å². The van der Waals surface area contributed by atoms with Crippen molar-refractivity contribution in [2.45, 2.75) is 35.5 Å². The van der Waals surface area contributed by atoms with Crippen LogP contribution in [-0.2, 0) is 25.7 Å². The molecule has 0 saturated heterocycles. The first kappa shape index (κ1) is 29.5. The van der Waals surface area contributed by atoms with E-state index in [0.717, 1.165) is 48.7 Å². The summed E-state index contributed by atoms with van der Waals surface area (Å²) in [6.45, 7) is 0. The van der Waals surface area contributed by atoms with Crippen LogP contribution in [0.2, 0.25) is 0 Å². The van der Waals surface area contributed by atoms with Crippen molar-refractivity contribution >= 4 is 35.3 Å². The Labute approximate surface area is 247 Å². The predicted molar refractivity (Wildman–Crippen MR) is 173 cm³/mol. The van der Waals surface area contributed by atoms with Crippen LogP contribution in [0.3, 0.4) is 0 Å². The highest BCUT2D eigenvalue weighted by Gasteiger charge is 2.13. The van der Waals surface area contributed by atoms with Crippen molar-refractivity contribution in [1.82, 2.24) is 0 Å². The van der Waals surface area contributed by atoms with E-state index in [9.17, 15) is 0 Å². The van der Waals surface area contributed by atoms with Crippen molar-refractivity contribution in [1.29, 1.82) is 0 Å². The average molecular weight is 575 g/mol. The maximum atomic E-state index is 5.60. The van der Waals surface area contributed by atoms with Gasteiger partial charge in [0.1, 0.15) is 11.5 Å². The van der Waals surface area contributed by atoms with E-state index in [1.54, 1.807) is 14.2 Å². The topological polar surface area (TPSA) is 18.5 Å². The fraction of sp³-hybridized carbons (Fsp3) is 0.294. The van der Waals surface area contributed by atoms with Crippen LogP contribution < -0.4 is 9.47 Å². The van der Waals surface area contributed by atoms with Crippen molar-refractivity contribution in [3.63, 3.8) is 0 Å². The van der Waals surface area contributed by atoms with E-state index >= 15 is 0 Å². The van der Waals surface area contributed by atoms with Gasteiger partial charge in [0, 0.05) is 9.79 Å². The van der Waals surface area contributed by atoms with Crippen LogP contribution in [0, 0.1) is 0 Å². The van der Waals surface area contributed by atoms with Gasteiger partial charge >= 0.3 is 0 Å². The van der Waals surface area contributed by atoms with E-state index in [-0.39, 0.29) is 0 Å². The molecule has 0 fully saturated rings. The number of thioether (sulfide) groups is 2. The lowest BCUT2D eigenvalue weighted by Crippen LogP contribution is -1.97. The number of rotatable bonds is 14. The van der Waals surface area contributed by atoms with Gasteiger partial charge in [-0.05, 0) is 119 Å². The van der Waals surface area contributed by atoms with E-state index in [0.29, 0.717) is 0 Å². The maximum Gasteiger partial charge on any atom is 0.119 e. The highest BCUT2D eigenvalue weighted by atomic mass is 32.2. The van der Waals surface area contributed by atoms with Gasteiger partial charge in [0.05, 0.1) is 14.2 Å². The molecule has 0 amide bonds. The molecular weight excluding hydrogens is 537 g/mol. The number of hydrogen-bond acceptors (Lipinski definition) is 5. The molecule has 0 atom stereocenters. The first-order chi connectivity index (χ1) is 19.1. The van der Waals surface area contributed by atoms with Crippen molar-refractivity contribution in [2.75, 3.05) is 38.2 Å². The minimum absolute atomic E-state index is 0.866. The fourth-order valence-electron chi connectivity index (χ4n) is 4.49. The predicted octanol–water partition coefficient (Wildman–Crippen LogP) is 8.85. The molecule has 4 aromatic carbocycles. The van der Waals surface area contributed by atoms with Gasteiger partial charge in [-0.15, -0.1) is 0 Å². The summed E-state index contributed by atoms with van der Waals surface area (Å²) >= 11 is 5.61. The Bertz CT molecular complexity index is 1210. The molecule has 0 aliphatic carbocycles. The van der Waals surface area contributed by atoms with Crippen LogP contribution >= 0.6 is 35.3 Å². The molecule has 0 spiro atoms. The molecule has 0 aliphatic rings. The minimum atomic E-state index is 0.866. The largest absolute Gasteiger partial charge is 0.497 e. The Kier molecular flexibility index (Phi) is 11.6. The standard InChI is InChI=1S/C34H38O2S3/c1-35-31-13-15-33(29(23-31)21-27-9-5-25(6-10-27)17-19-37-3)39-34-16-14-32(36-2)24-30(34)22-28-11-7-26(8-12-28)18-20-38-4/h5-16,23-24H,17-22H2,1-4H3. The smallest absolute Gasteiger partial charge is 0.119 e. The molecule has 0 N–H and O–H groups in total. The highest BCUT2D eigenvalue weighted by molar-refractivity contribution is 7.99. The third-order valence-electron chi connectivity index (χ3n) is 6.78. The Morgan fingerprint density at radius 1 is 0.513 bits per heavy atom. The zero-order chi connectivity index (χ0) is 27.5. The monoisotopic (exact) mass is 574 g/mol. The molecule has 0 aliphatic heterocycles. The zero-order valence-electron chi connectivity index (χ0n) is 23.4. The van der Waals surface area contributed by atoms with Gasteiger partial charge in [-0.1, -0.05) is 60.3 Å². The Morgan fingerprint density at radius 2 is 0.897 bits per heavy atom. The number of benzene rings is 4. The van der Waals surface area contributed by atoms with Crippen LogP contribution in [0.5, 0.6) is 11.5 Å². The zero-order valence-corrected chi connectivity index (χ0v) is 25.8. The van der Waals surface area contributed by atoms with Crippen molar-refractivity contribution in [3.05, 3.63) is 118 Å². The summed E-state index contributed by atoms with van der Waals surface area (Å²) in [6.07, 6.45) is 8.28. The summed E-state index contributed by atoms with van der Waals surface area (Å²) in [5.74, 6) is 4.09. The van der Waals surface area contributed by atoms with Crippen molar-refractivity contribution in [3.8, 4) is 11.5 Å². The lowest BCUT2D eigenvalue weighted by Gasteiger charge is -2.15. The number of methoxy groups -OCH3 is 2. The minimum Gasteiger partial charge on any atom is -0.497 e. The summed E-state index contributed by atoms with van der Waals surface area (Å²) < 4.78 is 11.2. The number of ether oxygens (including phenoxy) is 2. The summed E-state index contributed by atoms with van der Waals surface area (Å²) in [6, 6.07) is 31.0. The van der Waals surface area contributed by atoms with Gasteiger partial charge in [0.15, 0.2) is 0 Å². The lowest BCUT2D eigenvalue weighted by atomic mass is 10.0. The third-order valence-corrected chi connectivity index (χ3v) is 9.24. The second-order valence-electron chi connectivity index (χ2n) is 9.52. The SMILES string of the molecule is COc1ccc(Sc2ccc(OC)cc2Cc2ccc(CCSC)cc2)c(Cc2ccc(CCSC)cc2)c1. The second-order valence-corrected chi connectivity index (χ2v) is 12.6. The molecule has 39 heavy (non-hydrogen) atoms. The third kappa shape index (κ3) is 8.76. The van der Waals surface area contributed by atoms with Crippen LogP contribution in [0.4, 0.5) is 0 Å². The van der Waals surface area contributed by atoms with E-state index in [4.69, 9.17) is 9.47 Å². The quantitative estimate of drug-likeness (QED) is 0.149. The van der Waals surface area contributed by atoms with Crippen LogP contribution in [0.15, 0.2) is 94.7 Å². The van der Waals surface area contributed by atoms with E-state index in [2.05, 4.69) is 97.4 Å². The molecule has 0 unspecified atom stereocenters. The van der Waals surface area contributed by atoms with Crippen LogP contribution in [0.1, 0.15) is 33.4 Å². The first-order valence-electron chi connectivity index (χ1n) is 13.3. The maximum absolute atomic E-state index is 5.60. The molecule has 0 heterocycles. The Balaban J connectivity index is 1.58. The number of aryl methyl sites for hydroxylation is 2. The normalized spacial score (nSPS) is 11.0. The fourth-order valence-corrected chi connectivity index (χ4v) is 6.40. The highest BCUT2D eigenvalue weighted by Crippen LogP contribution is 2.37. The number of hydrogen-bond donors (Lipinski definition) is 0. The van der Waals surface area contributed by atoms with Crippen LogP contribution in [0.25, 0.3) is 0 Å². The summed E-state index contributed by atoms with van der Waals surface area (Å²) in [5, 5.41) is 0. The molecule has 5 heteroatoms. The van der Waals surface area contributed by atoms with Gasteiger partial charge in [0.25, 0.3) is 0 Å². The second kappa shape index (κ2) is 15.4. The molecule has 0 radical (unpaired) electrons. The van der Waals surface area contributed by atoms with Gasteiger partial charge < -0.3 is 9.47 Å². The van der Waals surface area contributed by atoms with Gasteiger partial charge in [-0.2, -0.15) is 23.5 Å². The first-order valence-corrected chi connectivity index (χ1v) is 16.9. The summed E-state index contributed by atoms with van der Waals surface area (Å²) in [5.41, 5.74) is 7.97. The molecule has 204 valence electrons. The van der Waals surface area contributed by atoms with E-state index in [1.165, 1.54) is 43.2 Å². The summed E-state index contributed by atoms with van der Waals surface area (Å²) in [7, 11) is 3.47. The molecule has 0 bridgehead atoms. The molecule has 4 rings (SSSR count). The Hall–Kier alpha value is -2.47. The summed E-state index contributed by atoms with van der Waals surface area (Å²) in [4.78, 5) is 2.50.